The van der Waals surface area contributed by atoms with Crippen molar-refractivity contribution in [2.45, 2.75) is 32.7 Å². The lowest BCUT2D eigenvalue weighted by Crippen LogP contribution is -2.43. The van der Waals surface area contributed by atoms with Crippen LogP contribution in [0.1, 0.15) is 32.3 Å². The third-order valence-electron chi connectivity index (χ3n) is 3.63. The molecule has 4 nitrogen and oxygen atoms in total. The van der Waals surface area contributed by atoms with Crippen LogP contribution in [0.3, 0.4) is 0 Å². The van der Waals surface area contributed by atoms with E-state index in [0.29, 0.717) is 0 Å². The van der Waals surface area contributed by atoms with Crippen molar-refractivity contribution in [2.24, 2.45) is 5.92 Å². The summed E-state index contributed by atoms with van der Waals surface area (Å²) in [5.41, 5.74) is 0.881. The molecule has 20 heavy (non-hydrogen) atoms. The summed E-state index contributed by atoms with van der Waals surface area (Å²) in [5, 5.41) is 0. The fraction of sp³-hybridized carbons (Fsp3) is 0.467. The zero-order valence-electron chi connectivity index (χ0n) is 11.8. The predicted octanol–water partition coefficient (Wildman–Crippen LogP) is 3.56. The molecule has 2 atom stereocenters. The molecule has 0 saturated carbocycles. The SMILES string of the molecule is CC(C)[C@H]1COC(=O)N1C(=O)[C@@H](C)c1cccc(Br)c1. The molecule has 5 heteroatoms. The van der Waals surface area contributed by atoms with Gasteiger partial charge < -0.3 is 4.74 Å². The smallest absolute Gasteiger partial charge is 0.417 e. The number of nitrogens with zero attached hydrogens (tertiary/aromatic N) is 1. The van der Waals surface area contributed by atoms with Crippen LogP contribution < -0.4 is 0 Å². The Morgan fingerprint density at radius 3 is 2.70 bits per heavy atom. The third-order valence-corrected chi connectivity index (χ3v) is 4.13. The van der Waals surface area contributed by atoms with E-state index in [-0.39, 0.29) is 30.4 Å². The van der Waals surface area contributed by atoms with Gasteiger partial charge in [-0.25, -0.2) is 9.69 Å². The number of halogens is 1. The van der Waals surface area contributed by atoms with Gasteiger partial charge in [-0.05, 0) is 30.5 Å². The van der Waals surface area contributed by atoms with E-state index in [1.807, 2.05) is 45.0 Å². The Morgan fingerprint density at radius 1 is 1.40 bits per heavy atom. The van der Waals surface area contributed by atoms with Crippen molar-refractivity contribution in [3.63, 3.8) is 0 Å². The molecular weight excluding hydrogens is 322 g/mol. The minimum atomic E-state index is -0.532. The van der Waals surface area contributed by atoms with Gasteiger partial charge in [0.1, 0.15) is 6.61 Å². The molecule has 1 aromatic rings. The van der Waals surface area contributed by atoms with Gasteiger partial charge in [0.05, 0.1) is 12.0 Å². The molecule has 0 aliphatic carbocycles. The van der Waals surface area contributed by atoms with Gasteiger partial charge in [-0.3, -0.25) is 4.79 Å². The Labute approximate surface area is 127 Å². The molecule has 0 unspecified atom stereocenters. The Balaban J connectivity index is 2.23. The summed E-state index contributed by atoms with van der Waals surface area (Å²) in [6, 6.07) is 7.39. The number of amides is 2. The molecule has 0 bridgehead atoms. The molecule has 1 saturated heterocycles. The maximum atomic E-state index is 12.6. The molecule has 1 fully saturated rings. The molecule has 1 aliphatic heterocycles. The molecule has 2 rings (SSSR count). The summed E-state index contributed by atoms with van der Waals surface area (Å²) in [5.74, 6) is -0.399. The highest BCUT2D eigenvalue weighted by molar-refractivity contribution is 9.10. The summed E-state index contributed by atoms with van der Waals surface area (Å²) in [6.45, 7) is 6.06. The van der Waals surface area contributed by atoms with Gasteiger partial charge >= 0.3 is 6.09 Å². The maximum Gasteiger partial charge on any atom is 0.417 e. The van der Waals surface area contributed by atoms with Crippen molar-refractivity contribution in [1.29, 1.82) is 0 Å². The number of imide groups is 1. The zero-order chi connectivity index (χ0) is 14.9. The second-order valence-electron chi connectivity index (χ2n) is 5.37. The number of carbonyl (C=O) groups is 2. The van der Waals surface area contributed by atoms with Gasteiger partial charge in [0.15, 0.2) is 0 Å². The molecular formula is C15H18BrNO3. The number of hydrogen-bond donors (Lipinski definition) is 0. The van der Waals surface area contributed by atoms with Crippen LogP contribution in [-0.4, -0.2) is 29.5 Å². The summed E-state index contributed by atoms with van der Waals surface area (Å²) >= 11 is 3.39. The zero-order valence-corrected chi connectivity index (χ0v) is 13.4. The van der Waals surface area contributed by atoms with E-state index in [1.54, 1.807) is 0 Å². The monoisotopic (exact) mass is 339 g/mol. The lowest BCUT2D eigenvalue weighted by molar-refractivity contribution is -0.131. The van der Waals surface area contributed by atoms with E-state index < -0.39 is 6.09 Å². The van der Waals surface area contributed by atoms with Crippen LogP contribution in [0.4, 0.5) is 4.79 Å². The normalized spacial score (nSPS) is 20.1. The molecule has 0 radical (unpaired) electrons. The van der Waals surface area contributed by atoms with Gasteiger partial charge in [0.25, 0.3) is 0 Å². The average molecular weight is 340 g/mol. The molecule has 1 aliphatic rings. The summed E-state index contributed by atoms with van der Waals surface area (Å²) in [7, 11) is 0. The van der Waals surface area contributed by atoms with E-state index in [4.69, 9.17) is 4.74 Å². The third kappa shape index (κ3) is 2.87. The molecule has 0 spiro atoms. The Hall–Kier alpha value is -1.36. The fourth-order valence-corrected chi connectivity index (χ4v) is 2.72. The maximum absolute atomic E-state index is 12.6. The van der Waals surface area contributed by atoms with E-state index >= 15 is 0 Å². The van der Waals surface area contributed by atoms with Crippen LogP contribution >= 0.6 is 15.9 Å². The summed E-state index contributed by atoms with van der Waals surface area (Å²) in [6.07, 6.45) is -0.532. The van der Waals surface area contributed by atoms with Crippen molar-refractivity contribution >= 4 is 27.9 Å². The first-order valence-corrected chi connectivity index (χ1v) is 7.46. The van der Waals surface area contributed by atoms with E-state index in [1.165, 1.54) is 4.90 Å². The highest BCUT2D eigenvalue weighted by Crippen LogP contribution is 2.27. The van der Waals surface area contributed by atoms with Gasteiger partial charge in [-0.2, -0.15) is 0 Å². The van der Waals surface area contributed by atoms with Crippen molar-refractivity contribution in [1.82, 2.24) is 4.90 Å². The van der Waals surface area contributed by atoms with Crippen molar-refractivity contribution in [3.05, 3.63) is 34.3 Å². The van der Waals surface area contributed by atoms with Gasteiger partial charge in [0.2, 0.25) is 5.91 Å². The second kappa shape index (κ2) is 5.95. The van der Waals surface area contributed by atoms with Crippen molar-refractivity contribution < 1.29 is 14.3 Å². The lowest BCUT2D eigenvalue weighted by Gasteiger charge is -2.25. The number of hydrogen-bond acceptors (Lipinski definition) is 3. The quantitative estimate of drug-likeness (QED) is 0.845. The fourth-order valence-electron chi connectivity index (χ4n) is 2.31. The highest BCUT2D eigenvalue weighted by atomic mass is 79.9. The number of ether oxygens (including phenoxy) is 1. The van der Waals surface area contributed by atoms with Crippen LogP contribution in [0.2, 0.25) is 0 Å². The summed E-state index contributed by atoms with van der Waals surface area (Å²) < 4.78 is 5.94. The average Bonchev–Trinajstić information content (AvgIpc) is 2.79. The van der Waals surface area contributed by atoms with E-state index in [2.05, 4.69) is 15.9 Å². The Morgan fingerprint density at radius 2 is 2.10 bits per heavy atom. The lowest BCUT2D eigenvalue weighted by atomic mass is 9.97. The van der Waals surface area contributed by atoms with E-state index in [0.717, 1.165) is 10.0 Å². The Kier molecular flexibility index (Phi) is 4.48. The van der Waals surface area contributed by atoms with Gasteiger partial charge in [0, 0.05) is 4.47 Å². The first kappa shape index (κ1) is 15.0. The van der Waals surface area contributed by atoms with Crippen LogP contribution in [0.5, 0.6) is 0 Å². The minimum Gasteiger partial charge on any atom is -0.447 e. The predicted molar refractivity (Wildman–Crippen MR) is 79.4 cm³/mol. The first-order chi connectivity index (χ1) is 9.41. The second-order valence-corrected chi connectivity index (χ2v) is 6.29. The van der Waals surface area contributed by atoms with Crippen LogP contribution in [0.15, 0.2) is 28.7 Å². The van der Waals surface area contributed by atoms with Crippen molar-refractivity contribution in [2.75, 3.05) is 6.61 Å². The highest BCUT2D eigenvalue weighted by Gasteiger charge is 2.41. The van der Waals surface area contributed by atoms with Crippen LogP contribution in [0.25, 0.3) is 0 Å². The molecule has 1 heterocycles. The molecule has 1 aromatic carbocycles. The molecule has 108 valence electrons. The van der Waals surface area contributed by atoms with Crippen molar-refractivity contribution in [3.8, 4) is 0 Å². The standard InChI is InChI=1S/C15H18BrNO3/c1-9(2)13-8-20-15(19)17(13)14(18)10(3)11-5-4-6-12(16)7-11/h4-7,9-10,13H,8H2,1-3H3/t10-,13+/m0/s1. The van der Waals surface area contributed by atoms with Crippen LogP contribution in [0, 0.1) is 5.92 Å². The number of carbonyl (C=O) groups excluding carboxylic acids is 2. The minimum absolute atomic E-state index is 0.176. The largest absolute Gasteiger partial charge is 0.447 e. The molecule has 0 aromatic heterocycles. The summed E-state index contributed by atoms with van der Waals surface area (Å²) in [4.78, 5) is 25.7. The molecule has 0 N–H and O–H groups in total. The molecule has 2 amide bonds. The van der Waals surface area contributed by atoms with Crippen LogP contribution in [-0.2, 0) is 9.53 Å². The van der Waals surface area contributed by atoms with Gasteiger partial charge in [-0.15, -0.1) is 0 Å². The van der Waals surface area contributed by atoms with E-state index in [9.17, 15) is 9.59 Å². The number of benzene rings is 1. The topological polar surface area (TPSA) is 46.6 Å². The first-order valence-electron chi connectivity index (χ1n) is 6.67. The number of rotatable bonds is 3. The number of cyclic esters (lactones) is 1. The Bertz CT molecular complexity index is 530. The van der Waals surface area contributed by atoms with Gasteiger partial charge in [-0.1, -0.05) is 41.9 Å².